The molecule has 126 valence electrons. The van der Waals surface area contributed by atoms with Crippen molar-refractivity contribution in [3.8, 4) is 0 Å². The summed E-state index contributed by atoms with van der Waals surface area (Å²) in [5.41, 5.74) is 2.23. The first-order chi connectivity index (χ1) is 11.3. The van der Waals surface area contributed by atoms with Gasteiger partial charge in [-0.2, -0.15) is 0 Å². The summed E-state index contributed by atoms with van der Waals surface area (Å²) in [4.78, 5) is 26.1. The summed E-state index contributed by atoms with van der Waals surface area (Å²) in [5.74, 6) is -0.0835. The Labute approximate surface area is 147 Å². The van der Waals surface area contributed by atoms with Crippen LogP contribution in [0.5, 0.6) is 0 Å². The van der Waals surface area contributed by atoms with Crippen LogP contribution in [0.3, 0.4) is 0 Å². The number of amides is 1. The quantitative estimate of drug-likeness (QED) is 0.844. The molecule has 24 heavy (non-hydrogen) atoms. The standard InChI is InChI=1S/C16H17BrN4O3/c1-8-5-12(17)9(2)4-11(8)15(22)21-7-14-19-18-10(3)20(14)6-13(21)16(23)24/h4-5,13H,6-7H2,1-3H3,(H,23,24). The molecule has 0 fully saturated rings. The molecule has 0 saturated heterocycles. The van der Waals surface area contributed by atoms with E-state index in [1.165, 1.54) is 4.90 Å². The van der Waals surface area contributed by atoms with Crippen molar-refractivity contribution in [3.63, 3.8) is 0 Å². The van der Waals surface area contributed by atoms with Crippen molar-refractivity contribution in [3.05, 3.63) is 44.9 Å². The number of benzene rings is 1. The van der Waals surface area contributed by atoms with Crippen molar-refractivity contribution < 1.29 is 14.7 Å². The summed E-state index contributed by atoms with van der Waals surface area (Å²) in [6.07, 6.45) is 0. The predicted octanol–water partition coefficient (Wildman–Crippen LogP) is 2.08. The molecule has 0 spiro atoms. The van der Waals surface area contributed by atoms with Gasteiger partial charge in [0.2, 0.25) is 0 Å². The lowest BCUT2D eigenvalue weighted by Gasteiger charge is -2.34. The number of aromatic nitrogens is 3. The second-order valence-corrected chi connectivity index (χ2v) is 6.83. The summed E-state index contributed by atoms with van der Waals surface area (Å²) >= 11 is 3.44. The van der Waals surface area contributed by atoms with Crippen LogP contribution in [0.2, 0.25) is 0 Å². The maximum atomic E-state index is 13.0. The van der Waals surface area contributed by atoms with E-state index in [4.69, 9.17) is 0 Å². The van der Waals surface area contributed by atoms with E-state index in [1.807, 2.05) is 19.9 Å². The normalized spacial score (nSPS) is 16.8. The smallest absolute Gasteiger partial charge is 0.328 e. The third-order valence-corrected chi connectivity index (χ3v) is 5.19. The molecule has 0 bridgehead atoms. The lowest BCUT2D eigenvalue weighted by atomic mass is 10.0. The Balaban J connectivity index is 2.02. The van der Waals surface area contributed by atoms with Crippen molar-refractivity contribution in [2.45, 2.75) is 39.9 Å². The fraction of sp³-hybridized carbons (Fsp3) is 0.375. The molecule has 1 aliphatic heterocycles. The summed E-state index contributed by atoms with van der Waals surface area (Å²) in [6.45, 7) is 5.79. The molecule has 7 nitrogen and oxygen atoms in total. The van der Waals surface area contributed by atoms with E-state index in [0.717, 1.165) is 15.6 Å². The second kappa shape index (κ2) is 6.01. The summed E-state index contributed by atoms with van der Waals surface area (Å²) < 4.78 is 2.67. The van der Waals surface area contributed by atoms with Crippen LogP contribution in [0, 0.1) is 20.8 Å². The van der Waals surface area contributed by atoms with Gasteiger partial charge in [0.25, 0.3) is 5.91 Å². The third-order valence-electron chi connectivity index (χ3n) is 4.34. The predicted molar refractivity (Wildman–Crippen MR) is 89.7 cm³/mol. The Morgan fingerprint density at radius 1 is 1.21 bits per heavy atom. The van der Waals surface area contributed by atoms with Crippen LogP contribution in [-0.2, 0) is 17.9 Å². The minimum Gasteiger partial charge on any atom is -0.480 e. The lowest BCUT2D eigenvalue weighted by molar-refractivity contribution is -0.143. The maximum Gasteiger partial charge on any atom is 0.328 e. The highest BCUT2D eigenvalue weighted by Crippen LogP contribution is 2.25. The number of fused-ring (bicyclic) bond motifs is 1. The van der Waals surface area contributed by atoms with Gasteiger partial charge in [0.15, 0.2) is 5.82 Å². The van der Waals surface area contributed by atoms with Gasteiger partial charge >= 0.3 is 5.97 Å². The third kappa shape index (κ3) is 2.71. The minimum absolute atomic E-state index is 0.130. The molecule has 1 aromatic heterocycles. The summed E-state index contributed by atoms with van der Waals surface area (Å²) in [7, 11) is 0. The summed E-state index contributed by atoms with van der Waals surface area (Å²) in [6, 6.07) is 2.71. The molecule has 2 heterocycles. The van der Waals surface area contributed by atoms with Crippen LogP contribution in [0.15, 0.2) is 16.6 Å². The van der Waals surface area contributed by atoms with E-state index in [2.05, 4.69) is 26.1 Å². The highest BCUT2D eigenvalue weighted by molar-refractivity contribution is 9.10. The fourth-order valence-electron chi connectivity index (χ4n) is 2.90. The van der Waals surface area contributed by atoms with E-state index < -0.39 is 12.0 Å². The molecule has 1 N–H and O–H groups in total. The Hall–Kier alpha value is -2.22. The fourth-order valence-corrected chi connectivity index (χ4v) is 3.36. The largest absolute Gasteiger partial charge is 0.480 e. The van der Waals surface area contributed by atoms with E-state index in [0.29, 0.717) is 17.2 Å². The molecular weight excluding hydrogens is 376 g/mol. The molecular formula is C16H17BrN4O3. The van der Waals surface area contributed by atoms with Crippen molar-refractivity contribution in [2.24, 2.45) is 0 Å². The lowest BCUT2D eigenvalue weighted by Crippen LogP contribution is -2.50. The van der Waals surface area contributed by atoms with E-state index in [9.17, 15) is 14.7 Å². The topological polar surface area (TPSA) is 88.3 Å². The maximum absolute atomic E-state index is 13.0. The Morgan fingerprint density at radius 2 is 1.92 bits per heavy atom. The molecule has 1 aromatic carbocycles. The van der Waals surface area contributed by atoms with Gasteiger partial charge < -0.3 is 14.6 Å². The van der Waals surface area contributed by atoms with Gasteiger partial charge in [-0.15, -0.1) is 10.2 Å². The van der Waals surface area contributed by atoms with Crippen LogP contribution < -0.4 is 0 Å². The first kappa shape index (κ1) is 16.6. The molecule has 1 amide bonds. The van der Waals surface area contributed by atoms with Crippen LogP contribution >= 0.6 is 15.9 Å². The number of nitrogens with zero attached hydrogens (tertiary/aromatic N) is 4. The Kier molecular flexibility index (Phi) is 4.16. The number of hydrogen-bond donors (Lipinski definition) is 1. The van der Waals surface area contributed by atoms with Gasteiger partial charge in [0, 0.05) is 10.0 Å². The van der Waals surface area contributed by atoms with Gasteiger partial charge in [-0.25, -0.2) is 4.79 Å². The van der Waals surface area contributed by atoms with E-state index in [1.54, 1.807) is 17.6 Å². The molecule has 0 aliphatic carbocycles. The van der Waals surface area contributed by atoms with Crippen LogP contribution in [0.1, 0.15) is 33.1 Å². The molecule has 0 saturated carbocycles. The number of carbonyl (C=O) groups is 2. The van der Waals surface area contributed by atoms with Crippen molar-refractivity contribution in [1.82, 2.24) is 19.7 Å². The zero-order valence-electron chi connectivity index (χ0n) is 13.6. The van der Waals surface area contributed by atoms with Gasteiger partial charge in [-0.1, -0.05) is 15.9 Å². The number of carboxylic acid groups (broad SMARTS) is 1. The molecule has 2 aromatic rings. The molecule has 3 rings (SSSR count). The number of carbonyl (C=O) groups excluding carboxylic acids is 1. The number of carboxylic acids is 1. The Morgan fingerprint density at radius 3 is 2.58 bits per heavy atom. The zero-order valence-corrected chi connectivity index (χ0v) is 15.2. The van der Waals surface area contributed by atoms with Crippen LogP contribution in [-0.4, -0.2) is 42.7 Å². The SMILES string of the molecule is Cc1cc(C(=O)N2Cc3nnc(C)n3CC2C(=O)O)c(C)cc1Br. The van der Waals surface area contributed by atoms with E-state index in [-0.39, 0.29) is 19.0 Å². The number of rotatable bonds is 2. The minimum atomic E-state index is -1.03. The zero-order chi connectivity index (χ0) is 17.6. The molecule has 8 heteroatoms. The average Bonchev–Trinajstić information content (AvgIpc) is 2.89. The van der Waals surface area contributed by atoms with Gasteiger partial charge in [0.1, 0.15) is 11.9 Å². The monoisotopic (exact) mass is 392 g/mol. The number of halogens is 1. The van der Waals surface area contributed by atoms with Crippen molar-refractivity contribution in [1.29, 1.82) is 0 Å². The van der Waals surface area contributed by atoms with Crippen molar-refractivity contribution in [2.75, 3.05) is 0 Å². The first-order valence-electron chi connectivity index (χ1n) is 7.48. The van der Waals surface area contributed by atoms with Gasteiger partial charge in [-0.3, -0.25) is 4.79 Å². The highest BCUT2D eigenvalue weighted by Gasteiger charge is 2.37. The van der Waals surface area contributed by atoms with Gasteiger partial charge in [0.05, 0.1) is 13.1 Å². The number of aryl methyl sites for hydroxylation is 3. The Bertz CT molecular complexity index is 846. The number of hydrogen-bond acceptors (Lipinski definition) is 4. The molecule has 1 aliphatic rings. The molecule has 1 atom stereocenters. The van der Waals surface area contributed by atoms with E-state index >= 15 is 0 Å². The highest BCUT2D eigenvalue weighted by atomic mass is 79.9. The van der Waals surface area contributed by atoms with Crippen molar-refractivity contribution >= 4 is 27.8 Å². The summed E-state index contributed by atoms with van der Waals surface area (Å²) in [5, 5.41) is 17.6. The molecule has 0 radical (unpaired) electrons. The van der Waals surface area contributed by atoms with Gasteiger partial charge in [-0.05, 0) is 44.0 Å². The average molecular weight is 393 g/mol. The second-order valence-electron chi connectivity index (χ2n) is 5.98. The van der Waals surface area contributed by atoms with Crippen LogP contribution in [0.4, 0.5) is 0 Å². The molecule has 1 unspecified atom stereocenters. The first-order valence-corrected chi connectivity index (χ1v) is 8.28. The van der Waals surface area contributed by atoms with Crippen LogP contribution in [0.25, 0.3) is 0 Å². The number of aliphatic carboxylic acids is 1.